The second kappa shape index (κ2) is 7.00. The highest BCUT2D eigenvalue weighted by Crippen LogP contribution is 2.18. The summed E-state index contributed by atoms with van der Waals surface area (Å²) in [6.07, 6.45) is 3.07. The van der Waals surface area contributed by atoms with Gasteiger partial charge in [0.1, 0.15) is 11.5 Å². The topological polar surface area (TPSA) is 76.4 Å². The van der Waals surface area contributed by atoms with Crippen LogP contribution in [0.3, 0.4) is 0 Å². The smallest absolute Gasteiger partial charge is 0.138 e. The SMILES string of the molecule is CC(C)N/N=C(\C=N)c1cccnc1N1CCNCC1. The van der Waals surface area contributed by atoms with Crippen molar-refractivity contribution in [2.24, 2.45) is 5.10 Å². The van der Waals surface area contributed by atoms with Crippen LogP contribution in [-0.4, -0.2) is 49.1 Å². The number of nitrogens with zero attached hydrogens (tertiary/aromatic N) is 3. The van der Waals surface area contributed by atoms with Gasteiger partial charge in [-0.1, -0.05) is 0 Å². The Morgan fingerprint density at radius 3 is 2.90 bits per heavy atom. The largest absolute Gasteiger partial charge is 0.354 e. The summed E-state index contributed by atoms with van der Waals surface area (Å²) in [7, 11) is 0. The van der Waals surface area contributed by atoms with Gasteiger partial charge in [-0.05, 0) is 26.0 Å². The fraction of sp³-hybridized carbons (Fsp3) is 0.500. The maximum atomic E-state index is 7.60. The van der Waals surface area contributed by atoms with Crippen molar-refractivity contribution in [1.29, 1.82) is 5.41 Å². The van der Waals surface area contributed by atoms with E-state index in [2.05, 4.69) is 25.7 Å². The van der Waals surface area contributed by atoms with Crippen LogP contribution in [0.1, 0.15) is 19.4 Å². The molecule has 1 aromatic rings. The van der Waals surface area contributed by atoms with Crippen LogP contribution in [0.4, 0.5) is 5.82 Å². The van der Waals surface area contributed by atoms with Crippen LogP contribution in [0.15, 0.2) is 23.4 Å². The summed E-state index contributed by atoms with van der Waals surface area (Å²) in [5.41, 5.74) is 4.52. The molecule has 20 heavy (non-hydrogen) atoms. The van der Waals surface area contributed by atoms with Crippen molar-refractivity contribution in [2.45, 2.75) is 19.9 Å². The molecule has 0 unspecified atom stereocenters. The molecule has 2 heterocycles. The molecule has 1 saturated heterocycles. The average molecular weight is 274 g/mol. The third-order valence-electron chi connectivity index (χ3n) is 3.06. The molecule has 1 fully saturated rings. The van der Waals surface area contributed by atoms with E-state index in [0.29, 0.717) is 5.71 Å². The van der Waals surface area contributed by atoms with E-state index in [1.807, 2.05) is 26.0 Å². The molecule has 108 valence electrons. The lowest BCUT2D eigenvalue weighted by Crippen LogP contribution is -2.44. The fourth-order valence-corrected chi connectivity index (χ4v) is 2.09. The molecule has 0 aromatic carbocycles. The van der Waals surface area contributed by atoms with Crippen LogP contribution in [0, 0.1) is 5.41 Å². The van der Waals surface area contributed by atoms with Crippen LogP contribution in [-0.2, 0) is 0 Å². The molecule has 0 spiro atoms. The first-order valence-corrected chi connectivity index (χ1v) is 6.97. The third-order valence-corrected chi connectivity index (χ3v) is 3.06. The first kappa shape index (κ1) is 14.5. The maximum Gasteiger partial charge on any atom is 0.138 e. The first-order valence-electron chi connectivity index (χ1n) is 6.97. The number of rotatable bonds is 5. The first-order chi connectivity index (χ1) is 9.72. The molecule has 6 nitrogen and oxygen atoms in total. The van der Waals surface area contributed by atoms with Gasteiger partial charge in [-0.3, -0.25) is 0 Å². The normalized spacial score (nSPS) is 16.4. The average Bonchev–Trinajstić information content (AvgIpc) is 2.49. The molecule has 0 atom stereocenters. The summed E-state index contributed by atoms with van der Waals surface area (Å²) < 4.78 is 0. The number of anilines is 1. The number of aromatic nitrogens is 1. The van der Waals surface area contributed by atoms with Crippen LogP contribution in [0.2, 0.25) is 0 Å². The van der Waals surface area contributed by atoms with E-state index in [1.165, 1.54) is 6.21 Å². The number of hydrogen-bond donors (Lipinski definition) is 3. The Morgan fingerprint density at radius 2 is 2.25 bits per heavy atom. The van der Waals surface area contributed by atoms with Crippen LogP contribution in [0.5, 0.6) is 0 Å². The summed E-state index contributed by atoms with van der Waals surface area (Å²) in [5, 5.41) is 15.2. The van der Waals surface area contributed by atoms with E-state index >= 15 is 0 Å². The highest BCUT2D eigenvalue weighted by molar-refractivity contribution is 6.38. The maximum absolute atomic E-state index is 7.60. The molecule has 3 N–H and O–H groups in total. The van der Waals surface area contributed by atoms with E-state index in [-0.39, 0.29) is 6.04 Å². The summed E-state index contributed by atoms with van der Waals surface area (Å²) >= 11 is 0. The minimum atomic E-state index is 0.240. The van der Waals surface area contributed by atoms with Gasteiger partial charge >= 0.3 is 0 Å². The molecule has 0 saturated carbocycles. The van der Waals surface area contributed by atoms with Crippen LogP contribution >= 0.6 is 0 Å². The van der Waals surface area contributed by atoms with Gasteiger partial charge in [0.05, 0.1) is 0 Å². The monoisotopic (exact) mass is 274 g/mol. The Morgan fingerprint density at radius 1 is 1.50 bits per heavy atom. The van der Waals surface area contributed by atoms with Gasteiger partial charge in [-0.25, -0.2) is 4.98 Å². The van der Waals surface area contributed by atoms with E-state index < -0.39 is 0 Å². The summed E-state index contributed by atoms with van der Waals surface area (Å²) in [6.45, 7) is 7.80. The van der Waals surface area contributed by atoms with Crippen molar-refractivity contribution >= 4 is 17.7 Å². The lowest BCUT2D eigenvalue weighted by molar-refractivity contribution is 0.584. The molecule has 0 aliphatic carbocycles. The Kier molecular flexibility index (Phi) is 5.06. The molecule has 1 aliphatic rings. The molecular formula is C14H22N6. The molecular weight excluding hydrogens is 252 g/mol. The van der Waals surface area contributed by atoms with Gasteiger partial charge in [-0.2, -0.15) is 5.10 Å². The Balaban J connectivity index is 2.29. The minimum Gasteiger partial charge on any atom is -0.354 e. The van der Waals surface area contributed by atoms with Gasteiger partial charge in [0.2, 0.25) is 0 Å². The van der Waals surface area contributed by atoms with Gasteiger partial charge in [0.25, 0.3) is 0 Å². The van der Waals surface area contributed by atoms with Crippen LogP contribution < -0.4 is 15.6 Å². The zero-order valence-electron chi connectivity index (χ0n) is 12.1. The van der Waals surface area contributed by atoms with E-state index in [9.17, 15) is 0 Å². The van der Waals surface area contributed by atoms with Gasteiger partial charge in [0.15, 0.2) is 0 Å². The lowest BCUT2D eigenvalue weighted by Gasteiger charge is -2.29. The Hall–Kier alpha value is -1.95. The van der Waals surface area contributed by atoms with E-state index in [1.54, 1.807) is 6.20 Å². The number of hydrazone groups is 1. The predicted molar refractivity (Wildman–Crippen MR) is 82.9 cm³/mol. The van der Waals surface area contributed by atoms with Crippen molar-refractivity contribution < 1.29 is 0 Å². The van der Waals surface area contributed by atoms with Gasteiger partial charge in [-0.15, -0.1) is 0 Å². The van der Waals surface area contributed by atoms with Gasteiger partial charge < -0.3 is 21.1 Å². The zero-order chi connectivity index (χ0) is 14.4. The third kappa shape index (κ3) is 3.54. The summed E-state index contributed by atoms with van der Waals surface area (Å²) in [4.78, 5) is 6.72. The minimum absolute atomic E-state index is 0.240. The summed E-state index contributed by atoms with van der Waals surface area (Å²) in [5.74, 6) is 0.904. The van der Waals surface area contributed by atoms with Crippen molar-refractivity contribution in [3.8, 4) is 0 Å². The quantitative estimate of drug-likeness (QED) is 0.549. The second-order valence-electron chi connectivity index (χ2n) is 5.04. The Bertz CT molecular complexity index is 476. The van der Waals surface area contributed by atoms with Crippen molar-refractivity contribution in [3.63, 3.8) is 0 Å². The number of pyridine rings is 1. The highest BCUT2D eigenvalue weighted by Gasteiger charge is 2.17. The molecule has 0 radical (unpaired) electrons. The standard InChI is InChI=1S/C14H22N6/c1-11(2)18-19-13(10-15)12-4-3-5-17-14(12)20-8-6-16-7-9-20/h3-5,10-11,15-16,18H,6-9H2,1-2H3/b15-10?,19-13+. The number of nitrogens with one attached hydrogen (secondary N) is 3. The molecule has 1 aromatic heterocycles. The zero-order valence-corrected chi connectivity index (χ0v) is 12.1. The molecule has 6 heteroatoms. The molecule has 2 rings (SSSR count). The highest BCUT2D eigenvalue weighted by atomic mass is 15.3. The molecule has 1 aliphatic heterocycles. The second-order valence-corrected chi connectivity index (χ2v) is 5.04. The lowest BCUT2D eigenvalue weighted by atomic mass is 10.1. The molecule has 0 bridgehead atoms. The predicted octanol–water partition coefficient (Wildman–Crippen LogP) is 0.843. The summed E-state index contributed by atoms with van der Waals surface area (Å²) in [6, 6.07) is 4.09. The fourth-order valence-electron chi connectivity index (χ4n) is 2.09. The van der Waals surface area contributed by atoms with Gasteiger partial charge in [0, 0.05) is 50.2 Å². The van der Waals surface area contributed by atoms with E-state index in [4.69, 9.17) is 5.41 Å². The van der Waals surface area contributed by atoms with Crippen molar-refractivity contribution in [2.75, 3.05) is 31.1 Å². The van der Waals surface area contributed by atoms with Crippen molar-refractivity contribution in [1.82, 2.24) is 15.7 Å². The van der Waals surface area contributed by atoms with E-state index in [0.717, 1.165) is 37.6 Å². The molecule has 0 amide bonds. The van der Waals surface area contributed by atoms with Crippen LogP contribution in [0.25, 0.3) is 0 Å². The van der Waals surface area contributed by atoms with Crippen molar-refractivity contribution in [3.05, 3.63) is 23.9 Å². The number of hydrogen-bond acceptors (Lipinski definition) is 6. The number of piperazine rings is 1. The Labute approximate surface area is 119 Å².